The lowest BCUT2D eigenvalue weighted by molar-refractivity contribution is 0.399. The highest BCUT2D eigenvalue weighted by Crippen LogP contribution is 2.39. The molecule has 1 unspecified atom stereocenters. The summed E-state index contributed by atoms with van der Waals surface area (Å²) in [6.07, 6.45) is 0. The minimum absolute atomic E-state index is 0.0915. The summed E-state index contributed by atoms with van der Waals surface area (Å²) in [6, 6.07) is 10.1. The second-order valence-corrected chi connectivity index (χ2v) is 5.47. The van der Waals surface area contributed by atoms with E-state index in [0.717, 1.165) is 16.9 Å². The number of hydrogen-bond acceptors (Lipinski definition) is 2. The minimum atomic E-state index is -0.437. The molecular weight excluding hydrogens is 347 g/mol. The Kier molecular flexibility index (Phi) is 4.89. The second kappa shape index (κ2) is 6.46. The van der Waals surface area contributed by atoms with Gasteiger partial charge in [-0.2, -0.15) is 0 Å². The molecule has 20 heavy (non-hydrogen) atoms. The SMILES string of the molecule is COc1ccc(OC)c(C(Br)c2ccc(F)c(Cl)c2)c1. The smallest absolute Gasteiger partial charge is 0.141 e. The Labute approximate surface area is 130 Å². The van der Waals surface area contributed by atoms with Crippen LogP contribution in [0.3, 0.4) is 0 Å². The van der Waals surface area contributed by atoms with Crippen LogP contribution in [0.5, 0.6) is 11.5 Å². The lowest BCUT2D eigenvalue weighted by atomic mass is 10.0. The Morgan fingerprint density at radius 2 is 1.85 bits per heavy atom. The number of ether oxygens (including phenoxy) is 2. The van der Waals surface area contributed by atoms with Crippen molar-refractivity contribution in [2.75, 3.05) is 14.2 Å². The number of rotatable bonds is 4. The highest BCUT2D eigenvalue weighted by atomic mass is 79.9. The average molecular weight is 360 g/mol. The zero-order valence-corrected chi connectivity index (χ0v) is 13.3. The van der Waals surface area contributed by atoms with Crippen molar-refractivity contribution >= 4 is 27.5 Å². The van der Waals surface area contributed by atoms with E-state index in [1.54, 1.807) is 26.4 Å². The minimum Gasteiger partial charge on any atom is -0.497 e. The van der Waals surface area contributed by atoms with Gasteiger partial charge in [0.2, 0.25) is 0 Å². The maximum atomic E-state index is 13.2. The van der Waals surface area contributed by atoms with Gasteiger partial charge in [0.25, 0.3) is 0 Å². The Bertz CT molecular complexity index is 619. The van der Waals surface area contributed by atoms with Crippen LogP contribution < -0.4 is 9.47 Å². The molecule has 0 fully saturated rings. The summed E-state index contributed by atoms with van der Waals surface area (Å²) in [5.41, 5.74) is 1.72. The highest BCUT2D eigenvalue weighted by molar-refractivity contribution is 9.09. The molecule has 106 valence electrons. The van der Waals surface area contributed by atoms with Crippen LogP contribution in [0.25, 0.3) is 0 Å². The van der Waals surface area contributed by atoms with E-state index in [-0.39, 0.29) is 9.85 Å². The van der Waals surface area contributed by atoms with E-state index in [2.05, 4.69) is 15.9 Å². The van der Waals surface area contributed by atoms with Gasteiger partial charge < -0.3 is 9.47 Å². The predicted molar refractivity (Wildman–Crippen MR) is 81.7 cm³/mol. The topological polar surface area (TPSA) is 18.5 Å². The molecule has 0 amide bonds. The van der Waals surface area contributed by atoms with Gasteiger partial charge in [-0.15, -0.1) is 0 Å². The van der Waals surface area contributed by atoms with Crippen LogP contribution in [0, 0.1) is 5.82 Å². The van der Waals surface area contributed by atoms with Gasteiger partial charge in [0, 0.05) is 5.56 Å². The molecule has 0 bridgehead atoms. The average Bonchev–Trinajstić information content (AvgIpc) is 2.48. The van der Waals surface area contributed by atoms with Crippen LogP contribution in [-0.4, -0.2) is 14.2 Å². The van der Waals surface area contributed by atoms with Gasteiger partial charge in [-0.25, -0.2) is 4.39 Å². The van der Waals surface area contributed by atoms with Gasteiger partial charge in [-0.1, -0.05) is 33.6 Å². The summed E-state index contributed by atoms with van der Waals surface area (Å²) >= 11 is 9.42. The fraction of sp³-hybridized carbons (Fsp3) is 0.200. The van der Waals surface area contributed by atoms with E-state index in [1.165, 1.54) is 6.07 Å². The third-order valence-electron chi connectivity index (χ3n) is 2.95. The predicted octanol–water partition coefficient (Wildman–Crippen LogP) is 4.98. The van der Waals surface area contributed by atoms with E-state index < -0.39 is 5.82 Å². The van der Waals surface area contributed by atoms with E-state index in [4.69, 9.17) is 21.1 Å². The monoisotopic (exact) mass is 358 g/mol. The molecule has 0 aliphatic rings. The molecule has 0 saturated carbocycles. The molecule has 1 atom stereocenters. The molecule has 0 aromatic heterocycles. The number of alkyl halides is 1. The van der Waals surface area contributed by atoms with E-state index in [9.17, 15) is 4.39 Å². The largest absolute Gasteiger partial charge is 0.497 e. The van der Waals surface area contributed by atoms with Gasteiger partial charge in [0.15, 0.2) is 0 Å². The standard InChI is InChI=1S/C15H13BrClFO2/c1-19-10-4-6-14(20-2)11(8-10)15(16)9-3-5-13(18)12(17)7-9/h3-8,15H,1-2H3. The Hall–Kier alpha value is -1.26. The van der Waals surface area contributed by atoms with Crippen molar-refractivity contribution in [3.8, 4) is 11.5 Å². The first-order valence-corrected chi connectivity index (χ1v) is 7.17. The fourth-order valence-electron chi connectivity index (χ4n) is 1.89. The van der Waals surface area contributed by atoms with Crippen LogP contribution >= 0.6 is 27.5 Å². The van der Waals surface area contributed by atoms with Crippen molar-refractivity contribution in [3.05, 3.63) is 58.4 Å². The maximum Gasteiger partial charge on any atom is 0.141 e. The molecule has 2 nitrogen and oxygen atoms in total. The summed E-state index contributed by atoms with van der Waals surface area (Å²) in [7, 11) is 3.20. The number of methoxy groups -OCH3 is 2. The summed E-state index contributed by atoms with van der Waals surface area (Å²) in [6.45, 7) is 0. The lowest BCUT2D eigenvalue weighted by Gasteiger charge is -2.16. The molecule has 0 heterocycles. The quantitative estimate of drug-likeness (QED) is 0.717. The molecular formula is C15H13BrClFO2. The zero-order chi connectivity index (χ0) is 14.7. The number of benzene rings is 2. The summed E-state index contributed by atoms with van der Waals surface area (Å²) in [5, 5.41) is 0.0915. The summed E-state index contributed by atoms with van der Waals surface area (Å²) in [4.78, 5) is -0.175. The van der Waals surface area contributed by atoms with Gasteiger partial charge in [-0.05, 0) is 35.9 Å². The van der Waals surface area contributed by atoms with Gasteiger partial charge in [-0.3, -0.25) is 0 Å². The van der Waals surface area contributed by atoms with Crippen molar-refractivity contribution in [1.82, 2.24) is 0 Å². The fourth-order valence-corrected chi connectivity index (χ4v) is 2.72. The van der Waals surface area contributed by atoms with E-state index in [0.29, 0.717) is 5.75 Å². The van der Waals surface area contributed by atoms with Crippen molar-refractivity contribution < 1.29 is 13.9 Å². The normalized spacial score (nSPS) is 12.1. The summed E-state index contributed by atoms with van der Waals surface area (Å²) in [5.74, 6) is 0.999. The molecule has 0 N–H and O–H groups in total. The lowest BCUT2D eigenvalue weighted by Crippen LogP contribution is -1.98. The van der Waals surface area contributed by atoms with Crippen LogP contribution in [0.4, 0.5) is 4.39 Å². The molecule has 5 heteroatoms. The van der Waals surface area contributed by atoms with Crippen LogP contribution in [0.2, 0.25) is 5.02 Å². The number of hydrogen-bond donors (Lipinski definition) is 0. The Morgan fingerprint density at radius 3 is 2.45 bits per heavy atom. The van der Waals surface area contributed by atoms with Crippen molar-refractivity contribution in [1.29, 1.82) is 0 Å². The first kappa shape index (κ1) is 15.1. The highest BCUT2D eigenvalue weighted by Gasteiger charge is 2.17. The Balaban J connectivity index is 2.45. The second-order valence-electron chi connectivity index (χ2n) is 4.14. The Morgan fingerprint density at radius 1 is 1.10 bits per heavy atom. The third kappa shape index (κ3) is 3.07. The van der Waals surface area contributed by atoms with Crippen molar-refractivity contribution in [3.63, 3.8) is 0 Å². The van der Waals surface area contributed by atoms with Crippen LogP contribution in [-0.2, 0) is 0 Å². The first-order valence-electron chi connectivity index (χ1n) is 5.87. The molecule has 0 aliphatic heterocycles. The van der Waals surface area contributed by atoms with Crippen LogP contribution in [0.15, 0.2) is 36.4 Å². The zero-order valence-electron chi connectivity index (χ0n) is 11.0. The maximum absolute atomic E-state index is 13.2. The molecule has 0 aliphatic carbocycles. The molecule has 0 spiro atoms. The van der Waals surface area contributed by atoms with Gasteiger partial charge in [0.1, 0.15) is 17.3 Å². The van der Waals surface area contributed by atoms with Gasteiger partial charge in [0.05, 0.1) is 24.1 Å². The molecule has 2 rings (SSSR count). The van der Waals surface area contributed by atoms with Gasteiger partial charge >= 0.3 is 0 Å². The molecule has 0 radical (unpaired) electrons. The molecule has 0 saturated heterocycles. The third-order valence-corrected chi connectivity index (χ3v) is 4.26. The van der Waals surface area contributed by atoms with Crippen molar-refractivity contribution in [2.45, 2.75) is 4.83 Å². The van der Waals surface area contributed by atoms with Crippen molar-refractivity contribution in [2.24, 2.45) is 0 Å². The van der Waals surface area contributed by atoms with E-state index in [1.807, 2.05) is 18.2 Å². The molecule has 2 aromatic carbocycles. The first-order chi connectivity index (χ1) is 9.56. The molecule has 2 aromatic rings. The van der Waals surface area contributed by atoms with E-state index >= 15 is 0 Å². The summed E-state index contributed by atoms with van der Waals surface area (Å²) < 4.78 is 23.8. The van der Waals surface area contributed by atoms with Crippen LogP contribution in [0.1, 0.15) is 16.0 Å². The number of halogens is 3.